The van der Waals surface area contributed by atoms with Gasteiger partial charge in [0.05, 0.1) is 17.5 Å². The smallest absolute Gasteiger partial charge is 0.226 e. The van der Waals surface area contributed by atoms with Crippen molar-refractivity contribution in [3.63, 3.8) is 0 Å². The number of pyridine rings is 1. The minimum atomic E-state index is -3.34. The van der Waals surface area contributed by atoms with Gasteiger partial charge >= 0.3 is 0 Å². The molecule has 1 aromatic carbocycles. The number of nitrogens with one attached hydrogen (secondary N) is 1. The summed E-state index contributed by atoms with van der Waals surface area (Å²) in [6, 6.07) is 6.66. The number of amides is 1. The summed E-state index contributed by atoms with van der Waals surface area (Å²) in [6.07, 6.45) is 4.62. The summed E-state index contributed by atoms with van der Waals surface area (Å²) in [5, 5.41) is 0. The van der Waals surface area contributed by atoms with Crippen LogP contribution in [-0.2, 0) is 14.8 Å². The van der Waals surface area contributed by atoms with Crippen LogP contribution < -0.4 is 4.72 Å². The average Bonchev–Trinajstić information content (AvgIpc) is 3.47. The second-order valence-electron chi connectivity index (χ2n) is 7.99. The van der Waals surface area contributed by atoms with E-state index in [4.69, 9.17) is 0 Å². The molecule has 0 bridgehead atoms. The van der Waals surface area contributed by atoms with Gasteiger partial charge in [0.2, 0.25) is 15.9 Å². The fourth-order valence-electron chi connectivity index (χ4n) is 4.26. The Balaban J connectivity index is 1.52. The highest BCUT2D eigenvalue weighted by Crippen LogP contribution is 2.50. The monoisotopic (exact) mass is 435 g/mol. The maximum atomic E-state index is 14.3. The van der Waals surface area contributed by atoms with Crippen LogP contribution in [-0.4, -0.2) is 49.6 Å². The molecule has 1 aromatic heterocycles. The molecule has 6 nitrogen and oxygen atoms in total. The largest absolute Gasteiger partial charge is 0.341 e. The molecule has 1 saturated carbocycles. The summed E-state index contributed by atoms with van der Waals surface area (Å²) in [6.45, 7) is 0.896. The average molecular weight is 435 g/mol. The van der Waals surface area contributed by atoms with Crippen molar-refractivity contribution in [3.8, 4) is 11.1 Å². The molecule has 2 fully saturated rings. The summed E-state index contributed by atoms with van der Waals surface area (Å²) in [7, 11) is -3.34. The van der Waals surface area contributed by atoms with Crippen molar-refractivity contribution >= 4 is 15.9 Å². The predicted molar refractivity (Wildman–Crippen MR) is 108 cm³/mol. The van der Waals surface area contributed by atoms with E-state index in [2.05, 4.69) is 9.71 Å². The Labute approximate surface area is 174 Å². The number of aromatic nitrogens is 1. The van der Waals surface area contributed by atoms with Crippen LogP contribution in [0.4, 0.5) is 8.78 Å². The van der Waals surface area contributed by atoms with Gasteiger partial charge in [-0.1, -0.05) is 12.1 Å². The Morgan fingerprint density at radius 1 is 1.20 bits per heavy atom. The van der Waals surface area contributed by atoms with Gasteiger partial charge in [0.1, 0.15) is 11.6 Å². The van der Waals surface area contributed by atoms with Crippen molar-refractivity contribution in [2.24, 2.45) is 5.92 Å². The number of nitrogens with zero attached hydrogens (tertiary/aromatic N) is 2. The fraction of sp³-hybridized carbons (Fsp3) is 0.429. The zero-order valence-corrected chi connectivity index (χ0v) is 17.3. The highest BCUT2D eigenvalue weighted by atomic mass is 32.2. The maximum absolute atomic E-state index is 14.3. The molecule has 1 N–H and O–H groups in total. The van der Waals surface area contributed by atoms with E-state index in [0.717, 1.165) is 6.26 Å². The summed E-state index contributed by atoms with van der Waals surface area (Å²) >= 11 is 0. The molecule has 30 heavy (non-hydrogen) atoms. The lowest BCUT2D eigenvalue weighted by Crippen LogP contribution is -2.49. The molecule has 3 unspecified atom stereocenters. The highest BCUT2D eigenvalue weighted by molar-refractivity contribution is 7.88. The molecule has 2 aliphatic rings. The van der Waals surface area contributed by atoms with Crippen LogP contribution in [0.1, 0.15) is 30.9 Å². The molecule has 4 rings (SSSR count). The molecule has 9 heteroatoms. The number of carbonyl (C=O) groups is 1. The molecule has 160 valence electrons. The number of rotatable bonds is 5. The van der Waals surface area contributed by atoms with E-state index < -0.39 is 21.7 Å². The highest BCUT2D eigenvalue weighted by Gasteiger charge is 2.48. The molecule has 3 atom stereocenters. The van der Waals surface area contributed by atoms with Gasteiger partial charge in [-0.25, -0.2) is 21.9 Å². The van der Waals surface area contributed by atoms with Gasteiger partial charge in [-0.15, -0.1) is 0 Å². The zero-order chi connectivity index (χ0) is 21.5. The number of hydrogen-bond donors (Lipinski definition) is 1. The number of hydrogen-bond acceptors (Lipinski definition) is 4. The van der Waals surface area contributed by atoms with Gasteiger partial charge in [-0.2, -0.15) is 0 Å². The number of piperidine rings is 1. The minimum absolute atomic E-state index is 0.0643. The van der Waals surface area contributed by atoms with Crippen LogP contribution in [0.25, 0.3) is 11.1 Å². The van der Waals surface area contributed by atoms with Gasteiger partial charge in [0.15, 0.2) is 0 Å². The summed E-state index contributed by atoms with van der Waals surface area (Å²) in [5.41, 5.74) is 0.750. The van der Waals surface area contributed by atoms with Gasteiger partial charge in [0.25, 0.3) is 0 Å². The number of likely N-dealkylation sites (tertiary alicyclic amines) is 1. The standard InChI is InChI=1S/C21H23F2N3O3S/c1-30(28,29)25-13-5-4-10-26(12-13)21(27)16-11-15(16)20-14(6-3-9-24-20)19-17(22)7-2-8-18(19)23/h2-3,6-9,13,15-16,25H,4-5,10-12H2,1H3. The summed E-state index contributed by atoms with van der Waals surface area (Å²) < 4.78 is 54.2. The first-order valence-corrected chi connectivity index (χ1v) is 11.8. The maximum Gasteiger partial charge on any atom is 0.226 e. The molecular weight excluding hydrogens is 412 g/mol. The third-order valence-corrected chi connectivity index (χ3v) is 6.40. The predicted octanol–water partition coefficient (Wildman–Crippen LogP) is 2.67. The number of halogens is 2. The Hall–Kier alpha value is -2.39. The van der Waals surface area contributed by atoms with Crippen molar-refractivity contribution in [2.75, 3.05) is 19.3 Å². The van der Waals surface area contributed by atoms with E-state index in [-0.39, 0.29) is 29.3 Å². The van der Waals surface area contributed by atoms with Crippen LogP contribution in [0.5, 0.6) is 0 Å². The van der Waals surface area contributed by atoms with Gasteiger partial charge in [-0.3, -0.25) is 9.78 Å². The third kappa shape index (κ3) is 4.37. The normalized spacial score (nSPS) is 24.0. The zero-order valence-electron chi connectivity index (χ0n) is 16.5. The van der Waals surface area contributed by atoms with Crippen LogP contribution >= 0.6 is 0 Å². The second kappa shape index (κ2) is 8.03. The molecule has 1 saturated heterocycles. The Kier molecular flexibility index (Phi) is 5.59. The van der Waals surface area contributed by atoms with E-state index in [1.165, 1.54) is 18.2 Å². The van der Waals surface area contributed by atoms with Gasteiger partial charge in [-0.05, 0) is 37.5 Å². The Morgan fingerprint density at radius 2 is 1.93 bits per heavy atom. The van der Waals surface area contributed by atoms with E-state index in [1.54, 1.807) is 23.2 Å². The molecule has 1 aliphatic heterocycles. The van der Waals surface area contributed by atoms with E-state index >= 15 is 0 Å². The third-order valence-electron chi connectivity index (χ3n) is 5.64. The lowest BCUT2D eigenvalue weighted by atomic mass is 9.99. The number of benzene rings is 1. The van der Waals surface area contributed by atoms with Crippen molar-refractivity contribution in [1.29, 1.82) is 0 Å². The van der Waals surface area contributed by atoms with E-state index in [9.17, 15) is 22.0 Å². The lowest BCUT2D eigenvalue weighted by molar-refractivity contribution is -0.133. The van der Waals surface area contributed by atoms with E-state index in [1.807, 2.05) is 0 Å². The molecule has 2 heterocycles. The quantitative estimate of drug-likeness (QED) is 0.783. The van der Waals surface area contributed by atoms with Gasteiger partial charge in [0, 0.05) is 42.7 Å². The molecule has 0 spiro atoms. The van der Waals surface area contributed by atoms with Crippen molar-refractivity contribution in [1.82, 2.24) is 14.6 Å². The summed E-state index contributed by atoms with van der Waals surface area (Å²) in [4.78, 5) is 19.0. The van der Waals surface area contributed by atoms with Crippen LogP contribution in [0, 0.1) is 17.6 Å². The van der Waals surface area contributed by atoms with E-state index in [0.29, 0.717) is 43.6 Å². The van der Waals surface area contributed by atoms with Crippen LogP contribution in [0.15, 0.2) is 36.5 Å². The molecule has 1 amide bonds. The van der Waals surface area contributed by atoms with Crippen LogP contribution in [0.2, 0.25) is 0 Å². The first-order valence-electron chi connectivity index (χ1n) is 9.90. The summed E-state index contributed by atoms with van der Waals surface area (Å²) in [5.74, 6) is -1.93. The first-order chi connectivity index (χ1) is 14.2. The topological polar surface area (TPSA) is 79.4 Å². The van der Waals surface area contributed by atoms with Crippen molar-refractivity contribution in [2.45, 2.75) is 31.2 Å². The number of carbonyl (C=O) groups excluding carboxylic acids is 1. The fourth-order valence-corrected chi connectivity index (χ4v) is 5.06. The molecular formula is C21H23F2N3O3S. The van der Waals surface area contributed by atoms with Gasteiger partial charge < -0.3 is 4.90 Å². The van der Waals surface area contributed by atoms with Crippen LogP contribution in [0.3, 0.4) is 0 Å². The second-order valence-corrected chi connectivity index (χ2v) is 9.78. The van der Waals surface area contributed by atoms with Crippen molar-refractivity contribution < 1.29 is 22.0 Å². The first kappa shape index (κ1) is 20.9. The van der Waals surface area contributed by atoms with Crippen molar-refractivity contribution in [3.05, 3.63) is 53.9 Å². The minimum Gasteiger partial charge on any atom is -0.341 e. The number of sulfonamides is 1. The molecule has 0 radical (unpaired) electrons. The Bertz CT molecular complexity index is 1060. The lowest BCUT2D eigenvalue weighted by Gasteiger charge is -2.33. The Morgan fingerprint density at radius 3 is 2.63 bits per heavy atom. The SMILES string of the molecule is CS(=O)(=O)NC1CCCN(C(=O)C2CC2c2ncccc2-c2c(F)cccc2F)C1. The molecule has 1 aliphatic carbocycles. The molecule has 2 aromatic rings.